The van der Waals surface area contributed by atoms with E-state index in [1.165, 1.54) is 6.20 Å². The topological polar surface area (TPSA) is 111 Å². The van der Waals surface area contributed by atoms with Crippen molar-refractivity contribution in [2.45, 2.75) is 16.3 Å². The molecule has 0 spiro atoms. The lowest BCUT2D eigenvalue weighted by Gasteiger charge is -2.08. The maximum absolute atomic E-state index is 13.0. The molecule has 0 saturated carbocycles. The van der Waals surface area contributed by atoms with Crippen molar-refractivity contribution in [2.75, 3.05) is 0 Å². The van der Waals surface area contributed by atoms with E-state index in [0.29, 0.717) is 11.3 Å². The molecule has 2 aromatic carbocycles. The van der Waals surface area contributed by atoms with E-state index >= 15 is 0 Å². The van der Waals surface area contributed by atoms with Crippen LogP contribution in [0.3, 0.4) is 0 Å². The molecule has 0 aliphatic rings. The van der Waals surface area contributed by atoms with E-state index in [4.69, 9.17) is 0 Å². The molecule has 5 aromatic rings. The summed E-state index contributed by atoms with van der Waals surface area (Å²) in [5.41, 5.74) is 1.92. The minimum atomic E-state index is -3.68. The van der Waals surface area contributed by atoms with Crippen LogP contribution in [-0.4, -0.2) is 38.5 Å². The summed E-state index contributed by atoms with van der Waals surface area (Å²) >= 11 is 0. The van der Waals surface area contributed by atoms with Crippen LogP contribution in [0.25, 0.3) is 16.7 Å². The van der Waals surface area contributed by atoms with Crippen LogP contribution in [0.5, 0.6) is 0 Å². The number of aromatic nitrogens is 5. The summed E-state index contributed by atoms with van der Waals surface area (Å²) in [6, 6.07) is 11.4. The lowest BCUT2D eigenvalue weighted by atomic mass is 10.2. The Morgan fingerprint density at radius 3 is 2.62 bits per heavy atom. The van der Waals surface area contributed by atoms with Crippen LogP contribution in [0.15, 0.2) is 83.2 Å². The molecule has 3 heterocycles. The van der Waals surface area contributed by atoms with Crippen molar-refractivity contribution in [1.29, 1.82) is 0 Å². The fourth-order valence-corrected chi connectivity index (χ4v) is 4.71. The van der Waals surface area contributed by atoms with Crippen LogP contribution in [0.1, 0.15) is 15.9 Å². The Bertz CT molecular complexity index is 1570. The van der Waals surface area contributed by atoms with Gasteiger partial charge in [0.05, 0.1) is 27.1 Å². The molecule has 9 nitrogen and oxygen atoms in total. The van der Waals surface area contributed by atoms with Gasteiger partial charge in [-0.05, 0) is 35.9 Å². The second kappa shape index (κ2) is 7.57. The van der Waals surface area contributed by atoms with Gasteiger partial charge in [0.25, 0.3) is 5.91 Å². The number of nitrogens with zero attached hydrogens (tertiary/aromatic N) is 5. The van der Waals surface area contributed by atoms with Crippen molar-refractivity contribution >= 4 is 32.4 Å². The van der Waals surface area contributed by atoms with Gasteiger partial charge in [-0.1, -0.05) is 12.1 Å². The molecular weight excluding hydrogens is 428 g/mol. The number of fused-ring (bicyclic) bond motifs is 2. The molecule has 0 saturated heterocycles. The maximum Gasteiger partial charge on any atom is 0.254 e. The van der Waals surface area contributed by atoms with E-state index < -0.39 is 9.84 Å². The largest absolute Gasteiger partial charge is 0.348 e. The van der Waals surface area contributed by atoms with Gasteiger partial charge in [0.2, 0.25) is 15.6 Å². The highest BCUT2D eigenvalue weighted by atomic mass is 32.2. The molecule has 0 atom stereocenters. The molecule has 0 aliphatic carbocycles. The Labute approximate surface area is 183 Å². The number of hydrogen-bond acceptors (Lipinski definition) is 6. The Kier molecular flexibility index (Phi) is 4.71. The highest BCUT2D eigenvalue weighted by Gasteiger charge is 2.19. The maximum atomic E-state index is 13.0. The molecular formula is C22H18N6O3S. The van der Waals surface area contributed by atoms with Crippen molar-refractivity contribution in [3.05, 3.63) is 84.6 Å². The van der Waals surface area contributed by atoms with E-state index in [2.05, 4.69) is 20.4 Å². The van der Waals surface area contributed by atoms with E-state index in [1.54, 1.807) is 83.4 Å². The average Bonchev–Trinajstić information content (AvgIpc) is 3.43. The number of rotatable bonds is 5. The van der Waals surface area contributed by atoms with Crippen molar-refractivity contribution < 1.29 is 13.2 Å². The third-order valence-electron chi connectivity index (χ3n) is 5.23. The van der Waals surface area contributed by atoms with Crippen LogP contribution in [0, 0.1) is 0 Å². The van der Waals surface area contributed by atoms with Crippen LogP contribution in [0.4, 0.5) is 0 Å². The van der Waals surface area contributed by atoms with E-state index in [0.717, 1.165) is 16.5 Å². The summed E-state index contributed by atoms with van der Waals surface area (Å²) in [5.74, 6) is 0.232. The molecule has 1 amide bonds. The van der Waals surface area contributed by atoms with Crippen LogP contribution >= 0.6 is 0 Å². The summed E-state index contributed by atoms with van der Waals surface area (Å²) in [6.07, 6.45) is 8.13. The van der Waals surface area contributed by atoms with Gasteiger partial charge in [0.1, 0.15) is 0 Å². The average molecular weight is 446 g/mol. The SMILES string of the molecule is Cn1ncc2ccc(S(=O)(=O)c3ccc(CNC(=O)c4cnc5nccn5c4)cc3)cc21. The molecule has 10 heteroatoms. The number of hydrogen-bond donors (Lipinski definition) is 1. The fourth-order valence-electron chi connectivity index (χ4n) is 3.43. The Balaban J connectivity index is 1.31. The van der Waals surface area contributed by atoms with Gasteiger partial charge in [0, 0.05) is 43.8 Å². The number of carbonyl (C=O) groups excluding carboxylic acids is 1. The molecule has 0 bridgehead atoms. The predicted octanol–water partition coefficient (Wildman–Crippen LogP) is 2.38. The minimum absolute atomic E-state index is 0.184. The van der Waals surface area contributed by atoms with Crippen LogP contribution in [-0.2, 0) is 23.4 Å². The van der Waals surface area contributed by atoms with Crippen LogP contribution in [0.2, 0.25) is 0 Å². The smallest absolute Gasteiger partial charge is 0.254 e. The molecule has 1 N–H and O–H groups in total. The van der Waals surface area contributed by atoms with Gasteiger partial charge in [-0.15, -0.1) is 0 Å². The van der Waals surface area contributed by atoms with Gasteiger partial charge in [-0.3, -0.25) is 13.9 Å². The zero-order valence-corrected chi connectivity index (χ0v) is 17.8. The van der Waals surface area contributed by atoms with Gasteiger partial charge in [0.15, 0.2) is 0 Å². The van der Waals surface area contributed by atoms with E-state index in [9.17, 15) is 13.2 Å². The zero-order chi connectivity index (χ0) is 22.3. The monoisotopic (exact) mass is 446 g/mol. The lowest BCUT2D eigenvalue weighted by Crippen LogP contribution is -2.23. The van der Waals surface area contributed by atoms with Gasteiger partial charge in [-0.25, -0.2) is 18.4 Å². The Morgan fingerprint density at radius 1 is 1.03 bits per heavy atom. The van der Waals surface area contributed by atoms with Crippen molar-refractivity contribution in [3.63, 3.8) is 0 Å². The number of benzene rings is 2. The first-order chi connectivity index (χ1) is 15.4. The summed E-state index contributed by atoms with van der Waals surface area (Å²) in [4.78, 5) is 21.0. The summed E-state index contributed by atoms with van der Waals surface area (Å²) in [6.45, 7) is 0.252. The van der Waals surface area contributed by atoms with Gasteiger partial charge in [-0.2, -0.15) is 5.10 Å². The highest BCUT2D eigenvalue weighted by Crippen LogP contribution is 2.24. The predicted molar refractivity (Wildman–Crippen MR) is 117 cm³/mol. The number of imidazole rings is 1. The second-order valence-electron chi connectivity index (χ2n) is 7.30. The van der Waals surface area contributed by atoms with Gasteiger partial charge >= 0.3 is 0 Å². The Hall–Kier alpha value is -4.05. The summed E-state index contributed by atoms with van der Waals surface area (Å²) < 4.78 is 29.4. The lowest BCUT2D eigenvalue weighted by molar-refractivity contribution is 0.0950. The van der Waals surface area contributed by atoms with Gasteiger partial charge < -0.3 is 5.32 Å². The van der Waals surface area contributed by atoms with Crippen LogP contribution < -0.4 is 5.32 Å². The van der Waals surface area contributed by atoms with E-state index in [1.807, 2.05) is 0 Å². The fraction of sp³-hybridized carbons (Fsp3) is 0.0909. The van der Waals surface area contributed by atoms with Crippen molar-refractivity contribution in [2.24, 2.45) is 7.05 Å². The normalized spacial score (nSPS) is 11.8. The molecule has 0 unspecified atom stereocenters. The first-order valence-corrected chi connectivity index (χ1v) is 11.2. The molecule has 0 fully saturated rings. The van der Waals surface area contributed by atoms with Crippen molar-refractivity contribution in [3.8, 4) is 0 Å². The molecule has 160 valence electrons. The van der Waals surface area contributed by atoms with E-state index in [-0.39, 0.29) is 22.2 Å². The third-order valence-corrected chi connectivity index (χ3v) is 6.99. The summed E-state index contributed by atoms with van der Waals surface area (Å²) in [7, 11) is -1.91. The van der Waals surface area contributed by atoms with Crippen molar-refractivity contribution in [1.82, 2.24) is 29.5 Å². The molecule has 0 radical (unpaired) electrons. The highest BCUT2D eigenvalue weighted by molar-refractivity contribution is 7.91. The molecule has 32 heavy (non-hydrogen) atoms. The number of nitrogens with one attached hydrogen (secondary N) is 1. The number of sulfone groups is 1. The number of amides is 1. The molecule has 0 aliphatic heterocycles. The quantitative estimate of drug-likeness (QED) is 0.444. The number of aryl methyl sites for hydroxylation is 1. The first kappa shape index (κ1) is 19.9. The molecule has 3 aromatic heterocycles. The standard InChI is InChI=1S/C22H18N6O3S/c1-27-20-10-19(7-4-16(20)13-26-27)32(30,31)18-5-2-15(3-6-18)11-24-21(29)17-12-25-22-23-8-9-28(22)14-17/h2-10,12-14H,11H2,1H3,(H,24,29). The second-order valence-corrected chi connectivity index (χ2v) is 9.25. The number of carbonyl (C=O) groups is 1. The molecule has 5 rings (SSSR count). The summed E-state index contributed by atoms with van der Waals surface area (Å²) in [5, 5.41) is 7.84. The third kappa shape index (κ3) is 3.50. The zero-order valence-electron chi connectivity index (χ0n) is 17.0. The Morgan fingerprint density at radius 2 is 1.81 bits per heavy atom. The first-order valence-electron chi connectivity index (χ1n) is 9.74. The minimum Gasteiger partial charge on any atom is -0.348 e.